The lowest BCUT2D eigenvalue weighted by molar-refractivity contribution is 0.0966. The van der Waals surface area contributed by atoms with Crippen LogP contribution in [0, 0.1) is 0 Å². The molecule has 0 aromatic carbocycles. The fourth-order valence-electron chi connectivity index (χ4n) is 2.87. The van der Waals surface area contributed by atoms with Crippen molar-refractivity contribution in [1.29, 1.82) is 0 Å². The average molecular weight is 226 g/mol. The van der Waals surface area contributed by atoms with Gasteiger partial charge in [0.25, 0.3) is 0 Å². The topological polar surface area (TPSA) is 24.5 Å². The zero-order chi connectivity index (χ0) is 11.2. The number of hydrogen-bond donors (Lipinski definition) is 1. The predicted molar refractivity (Wildman–Crippen MR) is 66.7 cm³/mol. The van der Waals surface area contributed by atoms with E-state index >= 15 is 0 Å². The minimum absolute atomic E-state index is 0.571. The molecule has 0 radical (unpaired) electrons. The lowest BCUT2D eigenvalue weighted by Gasteiger charge is -2.31. The van der Waals surface area contributed by atoms with Gasteiger partial charge in [-0.05, 0) is 65.2 Å². The second-order valence-corrected chi connectivity index (χ2v) is 5.24. The SMILES string of the molecule is CN(CCC[C@@H]1CCCO1)C1CCNCC1. The van der Waals surface area contributed by atoms with Gasteiger partial charge in [-0.1, -0.05) is 0 Å². The summed E-state index contributed by atoms with van der Waals surface area (Å²) in [4.78, 5) is 2.55. The minimum Gasteiger partial charge on any atom is -0.378 e. The number of nitrogens with one attached hydrogen (secondary N) is 1. The minimum atomic E-state index is 0.571. The highest BCUT2D eigenvalue weighted by Gasteiger charge is 2.19. The summed E-state index contributed by atoms with van der Waals surface area (Å²) >= 11 is 0. The number of ether oxygens (including phenoxy) is 1. The van der Waals surface area contributed by atoms with Gasteiger partial charge in [0, 0.05) is 12.6 Å². The van der Waals surface area contributed by atoms with Crippen LogP contribution < -0.4 is 5.32 Å². The molecule has 3 heteroatoms. The summed E-state index contributed by atoms with van der Waals surface area (Å²) in [6, 6.07) is 0.811. The Kier molecular flexibility index (Phi) is 5.07. The highest BCUT2D eigenvalue weighted by molar-refractivity contribution is 4.76. The first kappa shape index (κ1) is 12.3. The summed E-state index contributed by atoms with van der Waals surface area (Å²) in [5, 5.41) is 3.42. The Bertz CT molecular complexity index is 186. The molecule has 0 bridgehead atoms. The smallest absolute Gasteiger partial charge is 0.0576 e. The van der Waals surface area contributed by atoms with Crippen molar-refractivity contribution in [3.8, 4) is 0 Å². The Morgan fingerprint density at radius 2 is 2.06 bits per heavy atom. The molecule has 2 fully saturated rings. The first-order valence-corrected chi connectivity index (χ1v) is 6.89. The van der Waals surface area contributed by atoms with Crippen LogP contribution in [0.4, 0.5) is 0 Å². The Balaban J connectivity index is 1.57. The zero-order valence-electron chi connectivity index (χ0n) is 10.6. The Morgan fingerprint density at radius 1 is 1.25 bits per heavy atom. The van der Waals surface area contributed by atoms with Crippen molar-refractivity contribution < 1.29 is 4.74 Å². The lowest BCUT2D eigenvalue weighted by Crippen LogP contribution is -2.41. The standard InChI is InChI=1S/C13H26N2O/c1-15(12-6-8-14-9-7-12)10-2-4-13-5-3-11-16-13/h12-14H,2-11H2,1H3/t13-/m1/s1. The van der Waals surface area contributed by atoms with Gasteiger partial charge in [-0.3, -0.25) is 0 Å². The monoisotopic (exact) mass is 226 g/mol. The third kappa shape index (κ3) is 3.72. The van der Waals surface area contributed by atoms with Crippen LogP contribution in [0.1, 0.15) is 38.5 Å². The Labute approximate surface area is 99.5 Å². The molecule has 0 amide bonds. The largest absolute Gasteiger partial charge is 0.378 e. The summed E-state index contributed by atoms with van der Waals surface area (Å²) in [6.07, 6.45) is 8.32. The molecule has 2 saturated heterocycles. The van der Waals surface area contributed by atoms with Crippen LogP contribution in [0.3, 0.4) is 0 Å². The molecule has 2 aliphatic rings. The van der Waals surface area contributed by atoms with Crippen LogP contribution in [0.5, 0.6) is 0 Å². The highest BCUT2D eigenvalue weighted by Crippen LogP contribution is 2.17. The van der Waals surface area contributed by atoms with Gasteiger partial charge < -0.3 is 15.0 Å². The molecule has 1 N–H and O–H groups in total. The van der Waals surface area contributed by atoms with Crippen molar-refractivity contribution >= 4 is 0 Å². The van der Waals surface area contributed by atoms with E-state index in [0.717, 1.165) is 12.6 Å². The third-order valence-corrected chi connectivity index (χ3v) is 3.99. The first-order chi connectivity index (χ1) is 7.86. The highest BCUT2D eigenvalue weighted by atomic mass is 16.5. The van der Waals surface area contributed by atoms with Crippen LogP contribution in [0.25, 0.3) is 0 Å². The molecule has 94 valence electrons. The van der Waals surface area contributed by atoms with Crippen LogP contribution in [-0.4, -0.2) is 50.3 Å². The molecular weight excluding hydrogens is 200 g/mol. The summed E-state index contributed by atoms with van der Waals surface area (Å²) in [7, 11) is 2.28. The van der Waals surface area contributed by atoms with Crippen molar-refractivity contribution in [2.45, 2.75) is 50.7 Å². The summed E-state index contributed by atoms with van der Waals surface area (Å²) < 4.78 is 5.65. The van der Waals surface area contributed by atoms with E-state index in [4.69, 9.17) is 4.74 Å². The molecule has 0 aromatic heterocycles. The van der Waals surface area contributed by atoms with E-state index in [1.807, 2.05) is 0 Å². The van der Waals surface area contributed by atoms with Gasteiger partial charge >= 0.3 is 0 Å². The van der Waals surface area contributed by atoms with E-state index in [1.54, 1.807) is 0 Å². The fraction of sp³-hybridized carbons (Fsp3) is 1.00. The molecule has 2 aliphatic heterocycles. The molecule has 0 aromatic rings. The maximum absolute atomic E-state index is 5.65. The molecule has 1 atom stereocenters. The van der Waals surface area contributed by atoms with Gasteiger partial charge in [0.05, 0.1) is 6.10 Å². The van der Waals surface area contributed by atoms with Crippen LogP contribution in [0.2, 0.25) is 0 Å². The van der Waals surface area contributed by atoms with Crippen molar-refractivity contribution in [1.82, 2.24) is 10.2 Å². The quantitative estimate of drug-likeness (QED) is 0.771. The van der Waals surface area contributed by atoms with Crippen molar-refractivity contribution in [3.05, 3.63) is 0 Å². The summed E-state index contributed by atoms with van der Waals surface area (Å²) in [5.41, 5.74) is 0. The molecule has 0 spiro atoms. The van der Waals surface area contributed by atoms with E-state index in [2.05, 4.69) is 17.3 Å². The maximum atomic E-state index is 5.65. The third-order valence-electron chi connectivity index (χ3n) is 3.99. The van der Waals surface area contributed by atoms with E-state index < -0.39 is 0 Å². The number of hydrogen-bond acceptors (Lipinski definition) is 3. The fourth-order valence-corrected chi connectivity index (χ4v) is 2.87. The van der Waals surface area contributed by atoms with E-state index in [0.29, 0.717) is 6.10 Å². The molecule has 3 nitrogen and oxygen atoms in total. The number of nitrogens with zero attached hydrogens (tertiary/aromatic N) is 1. The predicted octanol–water partition coefficient (Wildman–Crippen LogP) is 1.63. The summed E-state index contributed by atoms with van der Waals surface area (Å²) in [5.74, 6) is 0. The normalized spacial score (nSPS) is 27.8. The Morgan fingerprint density at radius 3 is 2.75 bits per heavy atom. The maximum Gasteiger partial charge on any atom is 0.0576 e. The van der Waals surface area contributed by atoms with Gasteiger partial charge in [-0.25, -0.2) is 0 Å². The Hall–Kier alpha value is -0.120. The van der Waals surface area contributed by atoms with E-state index in [-0.39, 0.29) is 0 Å². The number of piperidine rings is 1. The molecule has 2 heterocycles. The van der Waals surface area contributed by atoms with Gasteiger partial charge in [0.2, 0.25) is 0 Å². The van der Waals surface area contributed by atoms with Crippen molar-refractivity contribution in [2.24, 2.45) is 0 Å². The van der Waals surface area contributed by atoms with E-state index in [1.165, 1.54) is 58.2 Å². The average Bonchev–Trinajstić information content (AvgIpc) is 2.83. The van der Waals surface area contributed by atoms with Crippen LogP contribution in [-0.2, 0) is 4.74 Å². The van der Waals surface area contributed by atoms with Gasteiger partial charge in [0.1, 0.15) is 0 Å². The molecule has 0 unspecified atom stereocenters. The van der Waals surface area contributed by atoms with Gasteiger partial charge in [0.15, 0.2) is 0 Å². The molecule has 16 heavy (non-hydrogen) atoms. The van der Waals surface area contributed by atoms with E-state index in [9.17, 15) is 0 Å². The molecule has 0 aliphatic carbocycles. The summed E-state index contributed by atoms with van der Waals surface area (Å²) in [6.45, 7) is 4.63. The zero-order valence-corrected chi connectivity index (χ0v) is 10.6. The van der Waals surface area contributed by atoms with Gasteiger partial charge in [-0.15, -0.1) is 0 Å². The van der Waals surface area contributed by atoms with Gasteiger partial charge in [-0.2, -0.15) is 0 Å². The molecular formula is C13H26N2O. The molecule has 0 saturated carbocycles. The molecule has 2 rings (SSSR count). The van der Waals surface area contributed by atoms with Crippen molar-refractivity contribution in [2.75, 3.05) is 33.3 Å². The first-order valence-electron chi connectivity index (χ1n) is 6.89. The second-order valence-electron chi connectivity index (χ2n) is 5.24. The lowest BCUT2D eigenvalue weighted by atomic mass is 10.0. The van der Waals surface area contributed by atoms with Crippen LogP contribution >= 0.6 is 0 Å². The van der Waals surface area contributed by atoms with Crippen LogP contribution in [0.15, 0.2) is 0 Å². The second kappa shape index (κ2) is 6.58. The number of rotatable bonds is 5. The van der Waals surface area contributed by atoms with Crippen molar-refractivity contribution in [3.63, 3.8) is 0 Å².